The first-order valence-electron chi connectivity index (χ1n) is 10.6. The van der Waals surface area contributed by atoms with E-state index in [0.29, 0.717) is 0 Å². The fraction of sp³-hybridized carbons (Fsp3) is 0.895. The lowest BCUT2D eigenvalue weighted by Crippen LogP contribution is -2.61. The Hall–Kier alpha value is -1.10. The molecule has 17 N–H and O–H groups in total. The number of hydrogen-bond acceptors (Lipinski definition) is 17. The van der Waals surface area contributed by atoms with E-state index in [0.717, 1.165) is 6.92 Å². The van der Waals surface area contributed by atoms with Gasteiger partial charge in [0.2, 0.25) is 0 Å². The van der Waals surface area contributed by atoms with E-state index < -0.39 is 103 Å². The van der Waals surface area contributed by atoms with Crippen LogP contribution in [-0.4, -0.2) is 184 Å². The van der Waals surface area contributed by atoms with Crippen LogP contribution in [0.3, 0.4) is 0 Å². The van der Waals surface area contributed by atoms with Gasteiger partial charge in [0, 0.05) is 0 Å². The molecule has 0 aromatic carbocycles. The molecule has 0 bridgehead atoms. The minimum atomic E-state index is -2.66. The molecular formula is C19H38O17. The molecular weight excluding hydrogens is 500 g/mol. The molecule has 36 heavy (non-hydrogen) atoms. The third kappa shape index (κ3) is 8.46. The quantitative estimate of drug-likeness (QED) is 0.0810. The van der Waals surface area contributed by atoms with Crippen LogP contribution in [0.4, 0.5) is 0 Å². The van der Waals surface area contributed by atoms with Crippen LogP contribution in [0.1, 0.15) is 6.92 Å². The molecule has 0 aliphatic carbocycles. The minimum absolute atomic E-state index is 1.02. The van der Waals surface area contributed by atoms with Crippen LogP contribution >= 0.6 is 0 Å². The molecule has 0 aliphatic rings. The normalized spacial score (nSPS) is 26.0. The van der Waals surface area contributed by atoms with Crippen molar-refractivity contribution in [1.82, 2.24) is 0 Å². The van der Waals surface area contributed by atoms with E-state index in [2.05, 4.69) is 6.58 Å². The SMILES string of the molecule is C=C(O)C(O)C(O)C(O)C(O)C(O)C(O)C(O)C(O)C(O)C(O)C(O)C(O)C(O)C(O)C(O)C(C)O. The molecule has 0 aromatic rings. The topological polar surface area (TPSA) is 344 Å². The van der Waals surface area contributed by atoms with Crippen LogP contribution in [0.5, 0.6) is 0 Å². The van der Waals surface area contributed by atoms with Gasteiger partial charge >= 0.3 is 0 Å². The van der Waals surface area contributed by atoms with Crippen LogP contribution in [0, 0.1) is 0 Å². The van der Waals surface area contributed by atoms with Crippen molar-refractivity contribution in [3.8, 4) is 0 Å². The molecule has 0 saturated carbocycles. The third-order valence-electron chi connectivity index (χ3n) is 5.71. The molecule has 0 fully saturated rings. The van der Waals surface area contributed by atoms with E-state index in [-0.39, 0.29) is 0 Å². The second kappa shape index (κ2) is 14.7. The number of aliphatic hydroxyl groups excluding tert-OH is 17. The Morgan fingerprint density at radius 3 is 0.694 bits per heavy atom. The van der Waals surface area contributed by atoms with Gasteiger partial charge in [0.25, 0.3) is 0 Å². The van der Waals surface area contributed by atoms with Crippen molar-refractivity contribution in [2.24, 2.45) is 0 Å². The van der Waals surface area contributed by atoms with Gasteiger partial charge in [0.05, 0.1) is 6.10 Å². The van der Waals surface area contributed by atoms with E-state index >= 15 is 0 Å². The average molecular weight is 538 g/mol. The number of aliphatic hydroxyl groups is 17. The zero-order valence-corrected chi connectivity index (χ0v) is 19.0. The summed E-state index contributed by atoms with van der Waals surface area (Å²) < 4.78 is 0. The molecule has 0 aromatic heterocycles. The first-order chi connectivity index (χ1) is 16.3. The highest BCUT2D eigenvalue weighted by molar-refractivity contribution is 5.00. The Labute approximate surface area is 204 Å². The van der Waals surface area contributed by atoms with E-state index in [9.17, 15) is 81.7 Å². The predicted octanol–water partition coefficient (Wildman–Crippen LogP) is -9.15. The molecule has 0 aliphatic heterocycles. The summed E-state index contributed by atoms with van der Waals surface area (Å²) in [6.07, 6.45) is -38.7. The van der Waals surface area contributed by atoms with Crippen LogP contribution in [0.15, 0.2) is 12.3 Å². The monoisotopic (exact) mass is 538 g/mol. The van der Waals surface area contributed by atoms with Crippen LogP contribution in [0.2, 0.25) is 0 Å². The molecule has 0 rings (SSSR count). The molecule has 17 heteroatoms. The molecule has 0 heterocycles. The predicted molar refractivity (Wildman–Crippen MR) is 114 cm³/mol. The summed E-state index contributed by atoms with van der Waals surface area (Å²) in [6, 6.07) is 0. The van der Waals surface area contributed by atoms with Gasteiger partial charge in [-0.3, -0.25) is 0 Å². The summed E-state index contributed by atoms with van der Waals surface area (Å²) in [4.78, 5) is 0. The van der Waals surface area contributed by atoms with Gasteiger partial charge in [-0.15, -0.1) is 0 Å². The molecule has 0 amide bonds. The van der Waals surface area contributed by atoms with Crippen molar-refractivity contribution in [3.05, 3.63) is 12.3 Å². The van der Waals surface area contributed by atoms with Crippen molar-refractivity contribution >= 4 is 0 Å². The second-order valence-electron chi connectivity index (χ2n) is 8.55. The molecule has 16 atom stereocenters. The van der Waals surface area contributed by atoms with Crippen molar-refractivity contribution in [2.45, 2.75) is 105 Å². The maximum absolute atomic E-state index is 10.0. The van der Waals surface area contributed by atoms with Crippen molar-refractivity contribution in [3.63, 3.8) is 0 Å². The highest BCUT2D eigenvalue weighted by Crippen LogP contribution is 2.20. The first-order valence-corrected chi connectivity index (χ1v) is 10.6. The van der Waals surface area contributed by atoms with Crippen LogP contribution in [0.25, 0.3) is 0 Å². The third-order valence-corrected chi connectivity index (χ3v) is 5.71. The van der Waals surface area contributed by atoms with Gasteiger partial charge in [-0.1, -0.05) is 6.58 Å². The maximum atomic E-state index is 10.0. The second-order valence-corrected chi connectivity index (χ2v) is 8.55. The lowest BCUT2D eigenvalue weighted by molar-refractivity contribution is -0.207. The number of hydrogen-bond donors (Lipinski definition) is 17. The Balaban J connectivity index is 5.34. The molecule has 0 radical (unpaired) electrons. The summed E-state index contributed by atoms with van der Waals surface area (Å²) in [5.41, 5.74) is 0. The molecule has 216 valence electrons. The standard InChI is InChI=1S/C19H38O17/c1-3(20)5(22)7(24)9(26)11(28)13(30)15(32)17(34)19(36)18(35)16(33)14(31)12(29)10(27)8(25)6(23)4(2)21/h4-36H,1H2,2H3. The van der Waals surface area contributed by atoms with Gasteiger partial charge in [0.1, 0.15) is 97.3 Å². The highest BCUT2D eigenvalue weighted by Gasteiger charge is 2.46. The van der Waals surface area contributed by atoms with Crippen molar-refractivity contribution in [2.75, 3.05) is 0 Å². The van der Waals surface area contributed by atoms with Crippen molar-refractivity contribution < 1.29 is 86.8 Å². The van der Waals surface area contributed by atoms with E-state index in [1.807, 2.05) is 0 Å². The average Bonchev–Trinajstić information content (AvgIpc) is 2.85. The smallest absolute Gasteiger partial charge is 0.139 e. The van der Waals surface area contributed by atoms with Crippen LogP contribution < -0.4 is 0 Å². The summed E-state index contributed by atoms with van der Waals surface area (Å²) in [5.74, 6) is -1.03. The van der Waals surface area contributed by atoms with Gasteiger partial charge < -0.3 is 86.8 Å². The van der Waals surface area contributed by atoms with E-state index in [1.54, 1.807) is 0 Å². The van der Waals surface area contributed by atoms with E-state index in [4.69, 9.17) is 5.11 Å². The molecule has 17 nitrogen and oxygen atoms in total. The van der Waals surface area contributed by atoms with Gasteiger partial charge in [-0.05, 0) is 6.92 Å². The van der Waals surface area contributed by atoms with Gasteiger partial charge in [0.15, 0.2) is 0 Å². The summed E-state index contributed by atoms with van der Waals surface area (Å²) >= 11 is 0. The highest BCUT2D eigenvalue weighted by atomic mass is 16.4. The Kier molecular flexibility index (Phi) is 14.3. The largest absolute Gasteiger partial charge is 0.510 e. The fourth-order valence-corrected chi connectivity index (χ4v) is 3.09. The lowest BCUT2D eigenvalue weighted by atomic mass is 9.88. The Bertz CT molecular complexity index is 651. The Morgan fingerprint density at radius 1 is 0.361 bits per heavy atom. The lowest BCUT2D eigenvalue weighted by Gasteiger charge is -2.37. The summed E-state index contributed by atoms with van der Waals surface area (Å²) in [6.45, 7) is 3.89. The Morgan fingerprint density at radius 2 is 0.528 bits per heavy atom. The zero-order chi connectivity index (χ0) is 28.8. The molecule has 0 saturated heterocycles. The molecule has 0 spiro atoms. The summed E-state index contributed by atoms with van der Waals surface area (Å²) in [5, 5.41) is 166. The van der Waals surface area contributed by atoms with Gasteiger partial charge in [-0.2, -0.15) is 0 Å². The van der Waals surface area contributed by atoms with Gasteiger partial charge in [-0.25, -0.2) is 0 Å². The first kappa shape index (κ1) is 34.9. The fourth-order valence-electron chi connectivity index (χ4n) is 3.09. The van der Waals surface area contributed by atoms with E-state index in [1.165, 1.54) is 0 Å². The molecule has 16 unspecified atom stereocenters. The van der Waals surface area contributed by atoms with Crippen molar-refractivity contribution in [1.29, 1.82) is 0 Å². The minimum Gasteiger partial charge on any atom is -0.510 e. The zero-order valence-electron chi connectivity index (χ0n) is 19.0. The maximum Gasteiger partial charge on any atom is 0.139 e. The summed E-state index contributed by atoms with van der Waals surface area (Å²) in [7, 11) is 0. The van der Waals surface area contributed by atoms with Crippen LogP contribution in [-0.2, 0) is 0 Å². The number of rotatable bonds is 16.